The lowest BCUT2D eigenvalue weighted by molar-refractivity contribution is 0.393. The molecule has 2 rings (SSSR count). The molecule has 0 spiro atoms. The lowest BCUT2D eigenvalue weighted by Gasteiger charge is -2.34. The molecule has 88 valence electrons. The second-order valence-corrected chi connectivity index (χ2v) is 4.71. The van der Waals surface area contributed by atoms with Gasteiger partial charge in [0.1, 0.15) is 0 Å². The molecule has 1 aliphatic rings. The Bertz CT molecular complexity index is 361. The van der Waals surface area contributed by atoms with Crippen molar-refractivity contribution in [2.24, 2.45) is 5.92 Å². The average Bonchev–Trinajstić information content (AvgIpc) is 2.33. The van der Waals surface area contributed by atoms with Crippen LogP contribution in [-0.4, -0.2) is 35.5 Å². The third kappa shape index (κ3) is 2.38. The number of aromatic nitrogens is 2. The van der Waals surface area contributed by atoms with Crippen LogP contribution in [0.25, 0.3) is 0 Å². The molecule has 0 aliphatic carbocycles. The number of halogens is 1. The average molecular weight is 242 g/mol. The van der Waals surface area contributed by atoms with Crippen molar-refractivity contribution in [3.63, 3.8) is 0 Å². The molecule has 16 heavy (non-hydrogen) atoms. The topological polar surface area (TPSA) is 38.2 Å². The predicted octanol–water partition coefficient (Wildman–Crippen LogP) is 1.94. The molecule has 0 saturated carbocycles. The summed E-state index contributed by atoms with van der Waals surface area (Å²) < 4.78 is 5.07. The molecule has 0 radical (unpaired) electrons. The minimum atomic E-state index is 0.273. The Morgan fingerprint density at radius 2 is 2.31 bits per heavy atom. The zero-order valence-corrected chi connectivity index (χ0v) is 10.3. The highest BCUT2D eigenvalue weighted by atomic mass is 35.5. The zero-order chi connectivity index (χ0) is 11.5. The minimum Gasteiger partial charge on any atom is -0.480 e. The molecule has 5 heteroatoms. The van der Waals surface area contributed by atoms with Gasteiger partial charge in [-0.2, -0.15) is 4.98 Å². The first-order chi connectivity index (χ1) is 7.70. The fourth-order valence-corrected chi connectivity index (χ4v) is 2.09. The van der Waals surface area contributed by atoms with E-state index in [4.69, 9.17) is 16.3 Å². The van der Waals surface area contributed by atoms with Gasteiger partial charge in [-0.05, 0) is 12.3 Å². The van der Waals surface area contributed by atoms with Gasteiger partial charge >= 0.3 is 0 Å². The van der Waals surface area contributed by atoms with Gasteiger partial charge in [0, 0.05) is 18.5 Å². The van der Waals surface area contributed by atoms with Crippen LogP contribution in [0.4, 0.5) is 5.82 Å². The SMILES string of the molecule is COc1cncc(N2CCC(Cl)C(C)C2)n1. The number of alkyl halides is 1. The first-order valence-corrected chi connectivity index (χ1v) is 5.89. The van der Waals surface area contributed by atoms with Crippen LogP contribution in [0.2, 0.25) is 0 Å². The summed E-state index contributed by atoms with van der Waals surface area (Å²) in [4.78, 5) is 10.7. The molecular formula is C11H16ClN3O. The first-order valence-electron chi connectivity index (χ1n) is 5.45. The molecule has 0 bridgehead atoms. The Morgan fingerprint density at radius 1 is 1.50 bits per heavy atom. The molecule has 2 unspecified atom stereocenters. The van der Waals surface area contributed by atoms with E-state index < -0.39 is 0 Å². The molecule has 4 nitrogen and oxygen atoms in total. The summed E-state index contributed by atoms with van der Waals surface area (Å²) in [7, 11) is 1.60. The maximum absolute atomic E-state index is 6.19. The number of anilines is 1. The Balaban J connectivity index is 2.12. The van der Waals surface area contributed by atoms with Gasteiger partial charge in [0.25, 0.3) is 0 Å². The molecule has 0 aromatic carbocycles. The van der Waals surface area contributed by atoms with Gasteiger partial charge in [0.05, 0.1) is 19.5 Å². The number of hydrogen-bond acceptors (Lipinski definition) is 4. The normalized spacial score (nSPS) is 25.6. The molecule has 1 aromatic heterocycles. The van der Waals surface area contributed by atoms with Gasteiger partial charge in [-0.15, -0.1) is 11.6 Å². The van der Waals surface area contributed by atoms with Crippen molar-refractivity contribution in [3.8, 4) is 5.88 Å². The van der Waals surface area contributed by atoms with Crippen LogP contribution < -0.4 is 9.64 Å². The first kappa shape index (κ1) is 11.5. The number of piperidine rings is 1. The van der Waals surface area contributed by atoms with E-state index in [1.165, 1.54) is 0 Å². The molecule has 0 N–H and O–H groups in total. The van der Waals surface area contributed by atoms with E-state index in [2.05, 4.69) is 21.8 Å². The van der Waals surface area contributed by atoms with Crippen LogP contribution in [0.5, 0.6) is 5.88 Å². The smallest absolute Gasteiger partial charge is 0.233 e. The highest BCUT2D eigenvalue weighted by molar-refractivity contribution is 6.20. The van der Waals surface area contributed by atoms with E-state index >= 15 is 0 Å². The van der Waals surface area contributed by atoms with E-state index in [1.807, 2.05) is 0 Å². The van der Waals surface area contributed by atoms with E-state index in [-0.39, 0.29) is 5.38 Å². The standard InChI is InChI=1S/C11H16ClN3O/c1-8-7-15(4-3-9(8)12)10-5-13-6-11(14-10)16-2/h5-6,8-9H,3-4,7H2,1-2H3. The van der Waals surface area contributed by atoms with E-state index in [1.54, 1.807) is 19.5 Å². The largest absolute Gasteiger partial charge is 0.480 e. The minimum absolute atomic E-state index is 0.273. The Morgan fingerprint density at radius 3 is 3.00 bits per heavy atom. The Kier molecular flexibility index (Phi) is 3.49. The summed E-state index contributed by atoms with van der Waals surface area (Å²) in [5.41, 5.74) is 0. The second-order valence-electron chi connectivity index (χ2n) is 4.15. The van der Waals surface area contributed by atoms with Crippen molar-refractivity contribution in [3.05, 3.63) is 12.4 Å². The van der Waals surface area contributed by atoms with Gasteiger partial charge in [0.15, 0.2) is 5.82 Å². The van der Waals surface area contributed by atoms with Crippen LogP contribution in [0.15, 0.2) is 12.4 Å². The van der Waals surface area contributed by atoms with Gasteiger partial charge < -0.3 is 9.64 Å². The quantitative estimate of drug-likeness (QED) is 0.742. The number of nitrogens with zero attached hydrogens (tertiary/aromatic N) is 3. The van der Waals surface area contributed by atoms with Crippen molar-refractivity contribution in [2.75, 3.05) is 25.1 Å². The van der Waals surface area contributed by atoms with Gasteiger partial charge in [-0.1, -0.05) is 6.92 Å². The molecule has 2 atom stereocenters. The van der Waals surface area contributed by atoms with Crippen molar-refractivity contribution in [1.29, 1.82) is 0 Å². The number of rotatable bonds is 2. The highest BCUT2D eigenvalue weighted by Gasteiger charge is 2.25. The van der Waals surface area contributed by atoms with Crippen LogP contribution in [0.1, 0.15) is 13.3 Å². The summed E-state index contributed by atoms with van der Waals surface area (Å²) in [6.07, 6.45) is 4.37. The van der Waals surface area contributed by atoms with E-state index in [9.17, 15) is 0 Å². The summed E-state index contributed by atoms with van der Waals surface area (Å²) in [6.45, 7) is 4.02. The number of hydrogen-bond donors (Lipinski definition) is 0. The lowest BCUT2D eigenvalue weighted by Crippen LogP contribution is -2.40. The van der Waals surface area contributed by atoms with Gasteiger partial charge in [-0.3, -0.25) is 4.98 Å². The van der Waals surface area contributed by atoms with Crippen molar-refractivity contribution >= 4 is 17.4 Å². The third-order valence-electron chi connectivity index (χ3n) is 2.93. The molecule has 1 saturated heterocycles. The third-order valence-corrected chi connectivity index (χ3v) is 3.58. The second kappa shape index (κ2) is 4.87. The van der Waals surface area contributed by atoms with E-state index in [0.29, 0.717) is 11.8 Å². The van der Waals surface area contributed by atoms with Crippen molar-refractivity contribution in [1.82, 2.24) is 9.97 Å². The highest BCUT2D eigenvalue weighted by Crippen LogP contribution is 2.25. The molecule has 1 aromatic rings. The predicted molar refractivity (Wildman–Crippen MR) is 64.2 cm³/mol. The Hall–Kier alpha value is -1.03. The van der Waals surface area contributed by atoms with Gasteiger partial charge in [0.2, 0.25) is 5.88 Å². The van der Waals surface area contributed by atoms with Crippen molar-refractivity contribution < 1.29 is 4.74 Å². The summed E-state index contributed by atoms with van der Waals surface area (Å²) in [6, 6.07) is 0. The molecule has 1 fully saturated rings. The van der Waals surface area contributed by atoms with Crippen LogP contribution in [-0.2, 0) is 0 Å². The fraction of sp³-hybridized carbons (Fsp3) is 0.636. The molecule has 2 heterocycles. The maximum atomic E-state index is 6.19. The van der Waals surface area contributed by atoms with Crippen molar-refractivity contribution in [2.45, 2.75) is 18.7 Å². The summed E-state index contributed by atoms with van der Waals surface area (Å²) >= 11 is 6.19. The van der Waals surface area contributed by atoms with E-state index in [0.717, 1.165) is 25.3 Å². The lowest BCUT2D eigenvalue weighted by atomic mass is 10.00. The monoisotopic (exact) mass is 241 g/mol. The number of ether oxygens (including phenoxy) is 1. The zero-order valence-electron chi connectivity index (χ0n) is 9.56. The van der Waals surface area contributed by atoms with Crippen LogP contribution >= 0.6 is 11.6 Å². The molecule has 1 aliphatic heterocycles. The molecular weight excluding hydrogens is 226 g/mol. The van der Waals surface area contributed by atoms with Crippen LogP contribution in [0, 0.1) is 5.92 Å². The summed E-state index contributed by atoms with van der Waals surface area (Å²) in [5, 5.41) is 0.273. The fourth-order valence-electron chi connectivity index (χ4n) is 1.91. The van der Waals surface area contributed by atoms with Crippen LogP contribution in [0.3, 0.4) is 0 Å². The van der Waals surface area contributed by atoms with Gasteiger partial charge in [-0.25, -0.2) is 0 Å². The summed E-state index contributed by atoms with van der Waals surface area (Å²) in [5.74, 6) is 1.90. The Labute approximate surface area is 101 Å². The molecule has 0 amide bonds. The number of methoxy groups -OCH3 is 1. The maximum Gasteiger partial charge on any atom is 0.233 e.